The molecule has 0 aliphatic rings. The van der Waals surface area contributed by atoms with Crippen molar-refractivity contribution < 1.29 is 4.79 Å². The Morgan fingerprint density at radius 3 is 2.42 bits per heavy atom. The standard InChI is InChI=1S/C10H21NO/c1-4-8-11(3)9-6-7-10(12)5-2/h4-9H2,1-3H3. The summed E-state index contributed by atoms with van der Waals surface area (Å²) in [6, 6.07) is 0. The van der Waals surface area contributed by atoms with E-state index in [9.17, 15) is 4.79 Å². The average Bonchev–Trinajstić information content (AvgIpc) is 2.04. The van der Waals surface area contributed by atoms with Crippen molar-refractivity contribution in [2.75, 3.05) is 20.1 Å². The highest BCUT2D eigenvalue weighted by Gasteiger charge is 1.99. The first-order chi connectivity index (χ1) is 5.70. The van der Waals surface area contributed by atoms with Crippen molar-refractivity contribution in [2.45, 2.75) is 39.5 Å². The van der Waals surface area contributed by atoms with Crippen LogP contribution < -0.4 is 0 Å². The van der Waals surface area contributed by atoms with Crippen LogP contribution in [0.4, 0.5) is 0 Å². The first-order valence-corrected chi connectivity index (χ1v) is 4.91. The monoisotopic (exact) mass is 171 g/mol. The quantitative estimate of drug-likeness (QED) is 0.584. The zero-order valence-electron chi connectivity index (χ0n) is 8.60. The molecule has 0 aromatic carbocycles. The largest absolute Gasteiger partial charge is 0.306 e. The van der Waals surface area contributed by atoms with Crippen molar-refractivity contribution >= 4 is 5.78 Å². The summed E-state index contributed by atoms with van der Waals surface area (Å²) in [5.74, 6) is 0.389. The minimum Gasteiger partial charge on any atom is -0.306 e. The zero-order valence-corrected chi connectivity index (χ0v) is 8.60. The molecule has 0 aromatic heterocycles. The summed E-state index contributed by atoms with van der Waals surface area (Å²) in [6.07, 6.45) is 3.66. The fourth-order valence-electron chi connectivity index (χ4n) is 1.22. The molecule has 2 heteroatoms. The van der Waals surface area contributed by atoms with Crippen molar-refractivity contribution in [3.8, 4) is 0 Å². The lowest BCUT2D eigenvalue weighted by molar-refractivity contribution is -0.118. The van der Waals surface area contributed by atoms with Crippen LogP contribution in [0.25, 0.3) is 0 Å². The Kier molecular flexibility index (Phi) is 7.06. The Balaban J connectivity index is 3.24. The molecule has 0 bridgehead atoms. The molecule has 0 aliphatic heterocycles. The smallest absolute Gasteiger partial charge is 0.132 e. The molecule has 0 aliphatic carbocycles. The molecule has 0 saturated carbocycles. The van der Waals surface area contributed by atoms with Crippen LogP contribution in [0.1, 0.15) is 39.5 Å². The van der Waals surface area contributed by atoms with Gasteiger partial charge in [0, 0.05) is 12.8 Å². The van der Waals surface area contributed by atoms with Crippen molar-refractivity contribution in [3.63, 3.8) is 0 Å². The highest BCUT2D eigenvalue weighted by atomic mass is 16.1. The van der Waals surface area contributed by atoms with Gasteiger partial charge in [0.1, 0.15) is 5.78 Å². The number of ketones is 1. The van der Waals surface area contributed by atoms with Gasteiger partial charge in [0.2, 0.25) is 0 Å². The van der Waals surface area contributed by atoms with Crippen LogP contribution in [-0.4, -0.2) is 30.8 Å². The maximum absolute atomic E-state index is 10.9. The zero-order chi connectivity index (χ0) is 9.40. The minimum atomic E-state index is 0.389. The Bertz CT molecular complexity index is 123. The predicted molar refractivity (Wildman–Crippen MR) is 52.3 cm³/mol. The van der Waals surface area contributed by atoms with E-state index in [0.717, 1.165) is 25.9 Å². The Hall–Kier alpha value is -0.370. The van der Waals surface area contributed by atoms with Gasteiger partial charge in [-0.3, -0.25) is 4.79 Å². The first-order valence-electron chi connectivity index (χ1n) is 4.91. The predicted octanol–water partition coefficient (Wildman–Crippen LogP) is 2.09. The molecule has 0 radical (unpaired) electrons. The lowest BCUT2D eigenvalue weighted by Crippen LogP contribution is -2.20. The third kappa shape index (κ3) is 6.35. The van der Waals surface area contributed by atoms with Crippen LogP contribution in [-0.2, 0) is 4.79 Å². The third-order valence-corrected chi connectivity index (χ3v) is 2.00. The fraction of sp³-hybridized carbons (Fsp3) is 0.900. The number of rotatable bonds is 7. The number of hydrogen-bond acceptors (Lipinski definition) is 2. The van der Waals surface area contributed by atoms with E-state index in [2.05, 4.69) is 18.9 Å². The average molecular weight is 171 g/mol. The summed E-state index contributed by atoms with van der Waals surface area (Å²) in [7, 11) is 2.11. The van der Waals surface area contributed by atoms with Crippen LogP contribution in [0, 0.1) is 0 Å². The lowest BCUT2D eigenvalue weighted by atomic mass is 10.2. The molecule has 2 nitrogen and oxygen atoms in total. The van der Waals surface area contributed by atoms with E-state index in [1.807, 2.05) is 6.92 Å². The Morgan fingerprint density at radius 1 is 1.25 bits per heavy atom. The molecule has 12 heavy (non-hydrogen) atoms. The van der Waals surface area contributed by atoms with E-state index < -0.39 is 0 Å². The summed E-state index contributed by atoms with van der Waals surface area (Å²) in [5.41, 5.74) is 0. The van der Waals surface area contributed by atoms with Gasteiger partial charge in [0.15, 0.2) is 0 Å². The molecule has 0 unspecified atom stereocenters. The van der Waals surface area contributed by atoms with E-state index in [-0.39, 0.29) is 0 Å². The van der Waals surface area contributed by atoms with Crippen molar-refractivity contribution in [2.24, 2.45) is 0 Å². The van der Waals surface area contributed by atoms with Gasteiger partial charge in [-0.15, -0.1) is 0 Å². The van der Waals surface area contributed by atoms with Crippen LogP contribution in [0.3, 0.4) is 0 Å². The second-order valence-electron chi connectivity index (χ2n) is 3.30. The van der Waals surface area contributed by atoms with E-state index in [1.165, 1.54) is 6.42 Å². The summed E-state index contributed by atoms with van der Waals surface area (Å²) in [4.78, 5) is 13.2. The fourth-order valence-corrected chi connectivity index (χ4v) is 1.22. The van der Waals surface area contributed by atoms with Crippen LogP contribution in [0.2, 0.25) is 0 Å². The topological polar surface area (TPSA) is 20.3 Å². The molecule has 0 rings (SSSR count). The number of hydrogen-bond donors (Lipinski definition) is 0. The molecular formula is C10H21NO. The Labute approximate surface area is 75.9 Å². The van der Waals surface area contributed by atoms with Crippen LogP contribution >= 0.6 is 0 Å². The van der Waals surface area contributed by atoms with Crippen molar-refractivity contribution in [3.05, 3.63) is 0 Å². The molecule has 0 heterocycles. The van der Waals surface area contributed by atoms with E-state index in [4.69, 9.17) is 0 Å². The summed E-state index contributed by atoms with van der Waals surface area (Å²) in [5, 5.41) is 0. The van der Waals surface area contributed by atoms with E-state index >= 15 is 0 Å². The molecule has 0 N–H and O–H groups in total. The molecule has 0 atom stereocenters. The van der Waals surface area contributed by atoms with Crippen LogP contribution in [0.15, 0.2) is 0 Å². The van der Waals surface area contributed by atoms with Gasteiger partial charge in [-0.2, -0.15) is 0 Å². The van der Waals surface area contributed by atoms with Gasteiger partial charge < -0.3 is 4.90 Å². The van der Waals surface area contributed by atoms with Crippen molar-refractivity contribution in [1.82, 2.24) is 4.90 Å². The van der Waals surface area contributed by atoms with Crippen molar-refractivity contribution in [1.29, 1.82) is 0 Å². The number of nitrogens with zero attached hydrogens (tertiary/aromatic N) is 1. The molecule has 0 fully saturated rings. The Morgan fingerprint density at radius 2 is 1.92 bits per heavy atom. The SMILES string of the molecule is CCCN(C)CCCC(=O)CC. The maximum Gasteiger partial charge on any atom is 0.132 e. The van der Waals surface area contributed by atoms with Gasteiger partial charge in [-0.05, 0) is 33.0 Å². The highest BCUT2D eigenvalue weighted by molar-refractivity contribution is 5.77. The normalized spacial score (nSPS) is 10.7. The van der Waals surface area contributed by atoms with Gasteiger partial charge in [0.05, 0.1) is 0 Å². The molecule has 72 valence electrons. The summed E-state index contributed by atoms with van der Waals surface area (Å²) >= 11 is 0. The molecule has 0 spiro atoms. The van der Waals surface area contributed by atoms with Gasteiger partial charge >= 0.3 is 0 Å². The molecule has 0 aromatic rings. The molecular weight excluding hydrogens is 150 g/mol. The number of Topliss-reactive ketones (excluding diaryl/α,β-unsaturated/α-hetero) is 1. The highest BCUT2D eigenvalue weighted by Crippen LogP contribution is 1.97. The van der Waals surface area contributed by atoms with E-state index in [1.54, 1.807) is 0 Å². The molecule has 0 saturated heterocycles. The minimum absolute atomic E-state index is 0.389. The number of carbonyl (C=O) groups is 1. The maximum atomic E-state index is 10.9. The van der Waals surface area contributed by atoms with E-state index in [0.29, 0.717) is 12.2 Å². The summed E-state index contributed by atoms with van der Waals surface area (Å²) in [6.45, 7) is 6.30. The number of carbonyl (C=O) groups excluding carboxylic acids is 1. The molecule has 0 amide bonds. The third-order valence-electron chi connectivity index (χ3n) is 2.00. The lowest BCUT2D eigenvalue weighted by Gasteiger charge is -2.14. The second-order valence-corrected chi connectivity index (χ2v) is 3.30. The summed E-state index contributed by atoms with van der Waals surface area (Å²) < 4.78 is 0. The van der Waals surface area contributed by atoms with Gasteiger partial charge in [-0.1, -0.05) is 13.8 Å². The van der Waals surface area contributed by atoms with Crippen LogP contribution in [0.5, 0.6) is 0 Å². The second kappa shape index (κ2) is 7.29. The van der Waals surface area contributed by atoms with Gasteiger partial charge in [0.25, 0.3) is 0 Å². The van der Waals surface area contributed by atoms with Gasteiger partial charge in [-0.25, -0.2) is 0 Å². The first kappa shape index (κ1) is 11.6.